The molecule has 19 heavy (non-hydrogen) atoms. The van der Waals surface area contributed by atoms with Gasteiger partial charge < -0.3 is 4.74 Å². The van der Waals surface area contributed by atoms with E-state index in [2.05, 4.69) is 0 Å². The summed E-state index contributed by atoms with van der Waals surface area (Å²) in [4.78, 5) is 11.5. The molecule has 98 valence electrons. The molecule has 0 spiro atoms. The lowest BCUT2D eigenvalue weighted by Gasteiger charge is -2.08. The van der Waals surface area contributed by atoms with Crippen LogP contribution < -0.4 is 4.74 Å². The highest BCUT2D eigenvalue weighted by Crippen LogP contribution is 2.26. The molecule has 0 aromatic heterocycles. The summed E-state index contributed by atoms with van der Waals surface area (Å²) in [5, 5.41) is 0. The summed E-state index contributed by atoms with van der Waals surface area (Å²) >= 11 is 0. The van der Waals surface area contributed by atoms with Crippen molar-refractivity contribution in [2.45, 2.75) is 20.3 Å². The number of rotatable bonds is 4. The Kier molecular flexibility index (Phi) is 3.95. The minimum Gasteiger partial charge on any atom is -0.454 e. The molecule has 0 aliphatic carbocycles. The van der Waals surface area contributed by atoms with Crippen LogP contribution in [0.2, 0.25) is 0 Å². The third kappa shape index (κ3) is 2.99. The Bertz CT molecular complexity index is 588. The Morgan fingerprint density at radius 2 is 1.84 bits per heavy atom. The smallest absolute Gasteiger partial charge is 0.168 e. The van der Waals surface area contributed by atoms with E-state index in [0.717, 1.165) is 0 Å². The van der Waals surface area contributed by atoms with E-state index in [9.17, 15) is 9.18 Å². The maximum Gasteiger partial charge on any atom is 0.168 e. The predicted molar refractivity (Wildman–Crippen MR) is 72.3 cm³/mol. The molecular weight excluding hydrogens is 243 g/mol. The summed E-state index contributed by atoms with van der Waals surface area (Å²) < 4.78 is 19.2. The van der Waals surface area contributed by atoms with Gasteiger partial charge in [0, 0.05) is 12.0 Å². The molecule has 2 aromatic rings. The molecule has 0 unspecified atom stereocenters. The maximum atomic E-state index is 13.8. The second-order valence-corrected chi connectivity index (χ2v) is 4.29. The fourth-order valence-electron chi connectivity index (χ4n) is 1.74. The van der Waals surface area contributed by atoms with Crippen molar-refractivity contribution >= 4 is 5.78 Å². The molecular formula is C16H15FO2. The number of ether oxygens (including phenoxy) is 1. The van der Waals surface area contributed by atoms with Gasteiger partial charge in [0.15, 0.2) is 17.3 Å². The zero-order chi connectivity index (χ0) is 13.8. The van der Waals surface area contributed by atoms with Crippen molar-refractivity contribution in [1.29, 1.82) is 0 Å². The summed E-state index contributed by atoms with van der Waals surface area (Å²) in [6.07, 6.45) is 0.465. The van der Waals surface area contributed by atoms with Crippen molar-refractivity contribution in [3.05, 3.63) is 59.4 Å². The van der Waals surface area contributed by atoms with Gasteiger partial charge in [0.1, 0.15) is 5.75 Å². The van der Waals surface area contributed by atoms with Gasteiger partial charge in [-0.15, -0.1) is 0 Å². The number of hydrogen-bond acceptors (Lipinski definition) is 2. The molecule has 0 heterocycles. The lowest BCUT2D eigenvalue weighted by molar-refractivity contribution is 0.0988. The van der Waals surface area contributed by atoms with Gasteiger partial charge in [0.25, 0.3) is 0 Å². The molecule has 0 saturated carbocycles. The van der Waals surface area contributed by atoms with Gasteiger partial charge in [-0.2, -0.15) is 0 Å². The number of carbonyl (C=O) groups excluding carboxylic acids is 1. The number of halogens is 1. The highest BCUT2D eigenvalue weighted by molar-refractivity contribution is 5.95. The average molecular weight is 258 g/mol. The van der Waals surface area contributed by atoms with Gasteiger partial charge in [-0.1, -0.05) is 19.1 Å². The Labute approximate surface area is 111 Å². The fraction of sp³-hybridized carbons (Fsp3) is 0.188. The molecule has 0 fully saturated rings. The largest absolute Gasteiger partial charge is 0.454 e. The minimum absolute atomic E-state index is 0.0771. The number of Topliss-reactive ketones (excluding diaryl/α,β-unsaturated/α-hetero) is 1. The first kappa shape index (κ1) is 13.3. The van der Waals surface area contributed by atoms with Crippen LogP contribution in [0.1, 0.15) is 29.3 Å². The number of benzene rings is 2. The van der Waals surface area contributed by atoms with E-state index in [4.69, 9.17) is 4.74 Å². The summed E-state index contributed by atoms with van der Waals surface area (Å²) in [5.74, 6) is 0.413. The van der Waals surface area contributed by atoms with Crippen LogP contribution in [0.25, 0.3) is 0 Å². The van der Waals surface area contributed by atoms with Gasteiger partial charge in [0.2, 0.25) is 0 Å². The quantitative estimate of drug-likeness (QED) is 0.754. The normalized spacial score (nSPS) is 10.3. The van der Waals surface area contributed by atoms with Gasteiger partial charge in [-0.05, 0) is 42.8 Å². The van der Waals surface area contributed by atoms with Gasteiger partial charge in [0.05, 0.1) is 0 Å². The van der Waals surface area contributed by atoms with Gasteiger partial charge in [-0.3, -0.25) is 4.79 Å². The molecule has 2 aromatic carbocycles. The number of hydrogen-bond donors (Lipinski definition) is 0. The van der Waals surface area contributed by atoms with E-state index in [1.54, 1.807) is 49.4 Å². The van der Waals surface area contributed by atoms with Crippen molar-refractivity contribution in [3.63, 3.8) is 0 Å². The molecule has 2 nitrogen and oxygen atoms in total. The van der Waals surface area contributed by atoms with Crippen molar-refractivity contribution in [2.24, 2.45) is 0 Å². The lowest BCUT2D eigenvalue weighted by atomic mass is 10.1. The van der Waals surface area contributed by atoms with Crippen molar-refractivity contribution in [3.8, 4) is 11.5 Å². The molecule has 3 heteroatoms. The SMILES string of the molecule is CCC(=O)c1ccc(Oc2cccc(C)c2F)cc1. The van der Waals surface area contributed by atoms with E-state index in [1.165, 1.54) is 0 Å². The van der Waals surface area contributed by atoms with Crippen molar-refractivity contribution < 1.29 is 13.9 Å². The van der Waals surface area contributed by atoms with Gasteiger partial charge >= 0.3 is 0 Å². The number of aryl methyl sites for hydroxylation is 1. The van der Waals surface area contributed by atoms with Gasteiger partial charge in [-0.25, -0.2) is 4.39 Å². The fourth-order valence-corrected chi connectivity index (χ4v) is 1.74. The summed E-state index contributed by atoms with van der Waals surface area (Å²) in [6, 6.07) is 11.7. The highest BCUT2D eigenvalue weighted by Gasteiger charge is 2.08. The molecule has 0 N–H and O–H groups in total. The highest BCUT2D eigenvalue weighted by atomic mass is 19.1. The number of ketones is 1. The molecule has 0 bridgehead atoms. The average Bonchev–Trinajstić information content (AvgIpc) is 2.44. The Morgan fingerprint density at radius 1 is 1.16 bits per heavy atom. The van der Waals surface area contributed by atoms with Crippen LogP contribution in [0, 0.1) is 12.7 Å². The second-order valence-electron chi connectivity index (χ2n) is 4.29. The van der Waals surface area contributed by atoms with E-state index in [-0.39, 0.29) is 17.3 Å². The molecule has 0 amide bonds. The monoisotopic (exact) mass is 258 g/mol. The molecule has 2 rings (SSSR count). The predicted octanol–water partition coefficient (Wildman–Crippen LogP) is 4.52. The Morgan fingerprint density at radius 3 is 2.47 bits per heavy atom. The second kappa shape index (κ2) is 5.65. The maximum absolute atomic E-state index is 13.8. The molecule has 0 atom stereocenters. The van der Waals surface area contributed by atoms with Crippen LogP contribution >= 0.6 is 0 Å². The van der Waals surface area contributed by atoms with E-state index in [1.807, 2.05) is 6.92 Å². The molecule has 0 aliphatic rings. The molecule has 0 saturated heterocycles. The van der Waals surface area contributed by atoms with E-state index >= 15 is 0 Å². The molecule has 0 aliphatic heterocycles. The third-order valence-corrected chi connectivity index (χ3v) is 2.88. The third-order valence-electron chi connectivity index (χ3n) is 2.88. The Hall–Kier alpha value is -2.16. The van der Waals surface area contributed by atoms with Crippen LogP contribution in [-0.4, -0.2) is 5.78 Å². The Balaban J connectivity index is 2.20. The van der Waals surface area contributed by atoms with Crippen LogP contribution in [-0.2, 0) is 0 Å². The van der Waals surface area contributed by atoms with Crippen LogP contribution in [0.5, 0.6) is 11.5 Å². The zero-order valence-electron chi connectivity index (χ0n) is 10.9. The van der Waals surface area contributed by atoms with E-state index in [0.29, 0.717) is 23.3 Å². The zero-order valence-corrected chi connectivity index (χ0v) is 10.9. The summed E-state index contributed by atoms with van der Waals surface area (Å²) in [7, 11) is 0. The standard InChI is InChI=1S/C16H15FO2/c1-3-14(18)12-7-9-13(10-8-12)19-15-6-4-5-11(2)16(15)17/h4-10H,3H2,1-2H3. The van der Waals surface area contributed by atoms with Crippen LogP contribution in [0.4, 0.5) is 4.39 Å². The first-order chi connectivity index (χ1) is 9.11. The van der Waals surface area contributed by atoms with Crippen molar-refractivity contribution in [1.82, 2.24) is 0 Å². The topological polar surface area (TPSA) is 26.3 Å². The van der Waals surface area contributed by atoms with Crippen molar-refractivity contribution in [2.75, 3.05) is 0 Å². The van der Waals surface area contributed by atoms with Crippen LogP contribution in [0.3, 0.4) is 0 Å². The molecule has 0 radical (unpaired) electrons. The number of carbonyl (C=O) groups is 1. The minimum atomic E-state index is -0.365. The summed E-state index contributed by atoms with van der Waals surface area (Å²) in [5.41, 5.74) is 1.18. The lowest BCUT2D eigenvalue weighted by Crippen LogP contribution is -1.96. The first-order valence-corrected chi connectivity index (χ1v) is 6.18. The summed E-state index contributed by atoms with van der Waals surface area (Å²) in [6.45, 7) is 3.50. The van der Waals surface area contributed by atoms with E-state index < -0.39 is 0 Å². The first-order valence-electron chi connectivity index (χ1n) is 6.18. The van der Waals surface area contributed by atoms with Crippen LogP contribution in [0.15, 0.2) is 42.5 Å².